The predicted molar refractivity (Wildman–Crippen MR) is 73.3 cm³/mol. The summed E-state index contributed by atoms with van der Waals surface area (Å²) in [5.41, 5.74) is 4.35. The van der Waals surface area contributed by atoms with E-state index in [1.807, 2.05) is 12.4 Å². The van der Waals surface area contributed by atoms with Crippen LogP contribution in [-0.4, -0.2) is 11.0 Å². The Bertz CT molecular complexity index is 508. The average molecular weight is 238 g/mol. The van der Waals surface area contributed by atoms with E-state index < -0.39 is 0 Å². The van der Waals surface area contributed by atoms with Crippen molar-refractivity contribution in [2.45, 2.75) is 31.8 Å². The first-order valence-electron chi connectivity index (χ1n) is 6.61. The minimum Gasteiger partial charge on any atom is -0.310 e. The maximum Gasteiger partial charge on any atom is 0.0271 e. The second-order valence-corrected chi connectivity index (χ2v) is 4.94. The molecule has 1 aromatic heterocycles. The molecule has 0 amide bonds. The molecule has 2 aromatic rings. The van der Waals surface area contributed by atoms with E-state index in [0.29, 0.717) is 6.04 Å². The first-order chi connectivity index (χ1) is 8.92. The van der Waals surface area contributed by atoms with Crippen LogP contribution in [0.15, 0.2) is 48.8 Å². The van der Waals surface area contributed by atoms with Crippen LogP contribution in [0.4, 0.5) is 0 Å². The molecule has 1 heterocycles. The van der Waals surface area contributed by atoms with Gasteiger partial charge < -0.3 is 5.32 Å². The lowest BCUT2D eigenvalue weighted by Gasteiger charge is -2.25. The Morgan fingerprint density at radius 2 is 1.83 bits per heavy atom. The van der Waals surface area contributed by atoms with E-state index in [1.54, 1.807) is 0 Å². The lowest BCUT2D eigenvalue weighted by molar-refractivity contribution is 0.457. The summed E-state index contributed by atoms with van der Waals surface area (Å²) in [5, 5.41) is 3.65. The highest BCUT2D eigenvalue weighted by Crippen LogP contribution is 2.21. The van der Waals surface area contributed by atoms with Crippen molar-refractivity contribution < 1.29 is 0 Å². The maximum atomic E-state index is 4.04. The fraction of sp³-hybridized carbons (Fsp3) is 0.312. The molecule has 0 saturated carbocycles. The molecule has 0 saturated heterocycles. The molecule has 0 unspecified atom stereocenters. The second-order valence-electron chi connectivity index (χ2n) is 4.94. The summed E-state index contributed by atoms with van der Waals surface area (Å²) in [6, 6.07) is 13.6. The van der Waals surface area contributed by atoms with E-state index in [1.165, 1.54) is 29.5 Å². The number of nitrogens with zero attached hydrogens (tertiary/aromatic N) is 1. The van der Waals surface area contributed by atoms with Gasteiger partial charge in [-0.15, -0.1) is 0 Å². The first kappa shape index (κ1) is 11.4. The van der Waals surface area contributed by atoms with Gasteiger partial charge in [-0.1, -0.05) is 24.3 Å². The molecule has 92 valence electrons. The van der Waals surface area contributed by atoms with Gasteiger partial charge in [-0.25, -0.2) is 0 Å². The van der Waals surface area contributed by atoms with Crippen molar-refractivity contribution in [2.75, 3.05) is 0 Å². The van der Waals surface area contributed by atoms with Gasteiger partial charge in [0.2, 0.25) is 0 Å². The molecule has 2 nitrogen and oxygen atoms in total. The van der Waals surface area contributed by atoms with Crippen LogP contribution < -0.4 is 5.32 Å². The SMILES string of the molecule is c1ccc2c(c1)CC[C@H](NCc1ccncc1)C2. The number of fused-ring (bicyclic) bond motifs is 1. The van der Waals surface area contributed by atoms with Crippen LogP contribution in [-0.2, 0) is 19.4 Å². The Labute approximate surface area is 108 Å². The minimum atomic E-state index is 0.605. The first-order valence-corrected chi connectivity index (χ1v) is 6.61. The van der Waals surface area contributed by atoms with E-state index in [0.717, 1.165) is 13.0 Å². The van der Waals surface area contributed by atoms with Gasteiger partial charge in [-0.3, -0.25) is 4.98 Å². The summed E-state index contributed by atoms with van der Waals surface area (Å²) in [4.78, 5) is 4.04. The third kappa shape index (κ3) is 2.59. The summed E-state index contributed by atoms with van der Waals surface area (Å²) >= 11 is 0. The highest BCUT2D eigenvalue weighted by molar-refractivity contribution is 5.30. The molecule has 1 atom stereocenters. The molecule has 0 spiro atoms. The zero-order chi connectivity index (χ0) is 12.2. The van der Waals surface area contributed by atoms with Gasteiger partial charge >= 0.3 is 0 Å². The smallest absolute Gasteiger partial charge is 0.0271 e. The predicted octanol–water partition coefficient (Wildman–Crippen LogP) is 2.73. The third-order valence-electron chi connectivity index (χ3n) is 3.69. The monoisotopic (exact) mass is 238 g/mol. The Hall–Kier alpha value is -1.67. The van der Waals surface area contributed by atoms with E-state index in [4.69, 9.17) is 0 Å². The zero-order valence-corrected chi connectivity index (χ0v) is 10.5. The molecule has 1 aliphatic carbocycles. The van der Waals surface area contributed by atoms with Gasteiger partial charge in [0.1, 0.15) is 0 Å². The minimum absolute atomic E-state index is 0.605. The lowest BCUT2D eigenvalue weighted by Crippen LogP contribution is -2.34. The van der Waals surface area contributed by atoms with Crippen molar-refractivity contribution in [1.29, 1.82) is 0 Å². The van der Waals surface area contributed by atoms with Crippen molar-refractivity contribution in [3.63, 3.8) is 0 Å². The Morgan fingerprint density at radius 3 is 2.67 bits per heavy atom. The van der Waals surface area contributed by atoms with E-state index in [2.05, 4.69) is 46.7 Å². The fourth-order valence-corrected chi connectivity index (χ4v) is 2.63. The zero-order valence-electron chi connectivity index (χ0n) is 10.5. The highest BCUT2D eigenvalue weighted by atomic mass is 14.9. The number of aromatic nitrogens is 1. The Balaban J connectivity index is 1.60. The number of benzene rings is 1. The second kappa shape index (κ2) is 5.32. The molecule has 1 aliphatic rings. The van der Waals surface area contributed by atoms with Crippen LogP contribution in [0.2, 0.25) is 0 Å². The molecule has 1 aromatic carbocycles. The summed E-state index contributed by atoms with van der Waals surface area (Å²) < 4.78 is 0. The van der Waals surface area contributed by atoms with Crippen LogP contribution >= 0.6 is 0 Å². The number of rotatable bonds is 3. The quantitative estimate of drug-likeness (QED) is 0.889. The number of nitrogens with one attached hydrogen (secondary N) is 1. The van der Waals surface area contributed by atoms with Crippen LogP contribution in [0.1, 0.15) is 23.1 Å². The van der Waals surface area contributed by atoms with Crippen molar-refractivity contribution in [1.82, 2.24) is 10.3 Å². The number of aryl methyl sites for hydroxylation is 1. The average Bonchev–Trinajstić information content (AvgIpc) is 2.46. The molecule has 0 fully saturated rings. The molecule has 18 heavy (non-hydrogen) atoms. The largest absolute Gasteiger partial charge is 0.310 e. The summed E-state index contributed by atoms with van der Waals surface area (Å²) in [6.07, 6.45) is 7.30. The van der Waals surface area contributed by atoms with Crippen molar-refractivity contribution in [3.05, 3.63) is 65.5 Å². The van der Waals surface area contributed by atoms with Crippen molar-refractivity contribution in [2.24, 2.45) is 0 Å². The topological polar surface area (TPSA) is 24.9 Å². The maximum absolute atomic E-state index is 4.04. The van der Waals surface area contributed by atoms with Gasteiger partial charge in [0.15, 0.2) is 0 Å². The lowest BCUT2D eigenvalue weighted by atomic mass is 9.88. The van der Waals surface area contributed by atoms with Gasteiger partial charge in [0.05, 0.1) is 0 Å². The van der Waals surface area contributed by atoms with Gasteiger partial charge in [-0.2, -0.15) is 0 Å². The summed E-state index contributed by atoms with van der Waals surface area (Å²) in [5.74, 6) is 0. The van der Waals surface area contributed by atoms with Gasteiger partial charge in [0.25, 0.3) is 0 Å². The highest BCUT2D eigenvalue weighted by Gasteiger charge is 2.17. The molecule has 2 heteroatoms. The molecule has 0 bridgehead atoms. The molecule has 1 N–H and O–H groups in total. The van der Waals surface area contributed by atoms with Crippen LogP contribution in [0.3, 0.4) is 0 Å². The third-order valence-corrected chi connectivity index (χ3v) is 3.69. The molecular formula is C16H18N2. The van der Waals surface area contributed by atoms with Crippen molar-refractivity contribution in [3.8, 4) is 0 Å². The van der Waals surface area contributed by atoms with E-state index >= 15 is 0 Å². The van der Waals surface area contributed by atoms with Crippen LogP contribution in [0, 0.1) is 0 Å². The van der Waals surface area contributed by atoms with Gasteiger partial charge in [0, 0.05) is 25.0 Å². The van der Waals surface area contributed by atoms with Crippen LogP contribution in [0.5, 0.6) is 0 Å². The summed E-state index contributed by atoms with van der Waals surface area (Å²) in [7, 11) is 0. The van der Waals surface area contributed by atoms with Crippen molar-refractivity contribution >= 4 is 0 Å². The summed E-state index contributed by atoms with van der Waals surface area (Å²) in [6.45, 7) is 0.940. The number of hydrogen-bond donors (Lipinski definition) is 1. The molecule has 3 rings (SSSR count). The normalized spacial score (nSPS) is 18.3. The fourth-order valence-electron chi connectivity index (χ4n) is 2.63. The Kier molecular flexibility index (Phi) is 3.37. The van der Waals surface area contributed by atoms with E-state index in [9.17, 15) is 0 Å². The molecule has 0 radical (unpaired) electrons. The van der Waals surface area contributed by atoms with E-state index in [-0.39, 0.29) is 0 Å². The number of hydrogen-bond acceptors (Lipinski definition) is 2. The van der Waals surface area contributed by atoms with Gasteiger partial charge in [-0.05, 0) is 48.1 Å². The molecular weight excluding hydrogens is 220 g/mol. The standard InChI is InChI=1S/C16H18N2/c1-2-4-15-11-16(6-5-14(15)3-1)18-12-13-7-9-17-10-8-13/h1-4,7-10,16,18H,5-6,11-12H2/t16-/m0/s1. The number of pyridine rings is 1. The molecule has 0 aliphatic heterocycles. The Morgan fingerprint density at radius 1 is 1.06 bits per heavy atom. The van der Waals surface area contributed by atoms with Crippen LogP contribution in [0.25, 0.3) is 0 Å².